The summed E-state index contributed by atoms with van der Waals surface area (Å²) in [5.74, 6) is 0.892. The molecule has 1 fully saturated rings. The van der Waals surface area contributed by atoms with E-state index >= 15 is 0 Å². The largest absolute Gasteiger partial charge is 0.393 e. The average molecular weight is 358 g/mol. The summed E-state index contributed by atoms with van der Waals surface area (Å²) in [7, 11) is 0. The maximum atomic E-state index is 12.9. The number of aromatic nitrogens is 3. The molecule has 3 rings (SSSR count). The molecule has 2 heterocycles. The SMILES string of the molecule is CC[C@H](C)Nc1ncc2c(=O)n(C(C)C)cc(C3CCC(O)CC3)c2n1. The van der Waals surface area contributed by atoms with Crippen LogP contribution >= 0.6 is 0 Å². The van der Waals surface area contributed by atoms with Crippen LogP contribution in [0, 0.1) is 0 Å². The summed E-state index contributed by atoms with van der Waals surface area (Å²) in [6, 6.07) is 0.356. The second-order valence-electron chi connectivity index (χ2n) is 7.81. The minimum atomic E-state index is -0.203. The first-order chi connectivity index (χ1) is 12.4. The van der Waals surface area contributed by atoms with Crippen LogP contribution in [0.15, 0.2) is 17.2 Å². The van der Waals surface area contributed by atoms with E-state index in [0.717, 1.165) is 43.2 Å². The van der Waals surface area contributed by atoms with Gasteiger partial charge in [-0.2, -0.15) is 0 Å². The molecule has 1 aliphatic carbocycles. The molecule has 1 saturated carbocycles. The van der Waals surface area contributed by atoms with Gasteiger partial charge in [-0.05, 0) is 64.4 Å². The lowest BCUT2D eigenvalue weighted by atomic mass is 9.82. The molecular formula is C20H30N4O2. The van der Waals surface area contributed by atoms with E-state index in [1.165, 1.54) is 0 Å². The molecule has 0 unspecified atom stereocenters. The van der Waals surface area contributed by atoms with Gasteiger partial charge in [0.25, 0.3) is 5.56 Å². The second kappa shape index (κ2) is 7.74. The molecule has 6 nitrogen and oxygen atoms in total. The van der Waals surface area contributed by atoms with Crippen LogP contribution in [0.2, 0.25) is 0 Å². The summed E-state index contributed by atoms with van der Waals surface area (Å²) >= 11 is 0. The van der Waals surface area contributed by atoms with Gasteiger partial charge in [0.2, 0.25) is 5.95 Å². The number of aliphatic hydroxyl groups excluding tert-OH is 1. The summed E-state index contributed by atoms with van der Waals surface area (Å²) in [5.41, 5.74) is 1.83. The van der Waals surface area contributed by atoms with Crippen molar-refractivity contribution in [2.45, 2.75) is 83.9 Å². The van der Waals surface area contributed by atoms with Crippen LogP contribution in [0.1, 0.15) is 77.3 Å². The molecule has 0 bridgehead atoms. The Bertz CT molecular complexity index is 822. The Labute approximate surface area is 154 Å². The predicted octanol–water partition coefficient (Wildman–Crippen LogP) is 3.60. The quantitative estimate of drug-likeness (QED) is 0.853. The number of hydrogen-bond donors (Lipinski definition) is 2. The van der Waals surface area contributed by atoms with Crippen molar-refractivity contribution < 1.29 is 5.11 Å². The molecule has 26 heavy (non-hydrogen) atoms. The number of pyridine rings is 1. The van der Waals surface area contributed by atoms with Crippen LogP contribution in [0.3, 0.4) is 0 Å². The van der Waals surface area contributed by atoms with E-state index < -0.39 is 0 Å². The highest BCUT2D eigenvalue weighted by atomic mass is 16.3. The first kappa shape index (κ1) is 18.8. The van der Waals surface area contributed by atoms with Gasteiger partial charge in [0.05, 0.1) is 17.0 Å². The van der Waals surface area contributed by atoms with E-state index in [4.69, 9.17) is 4.98 Å². The summed E-state index contributed by atoms with van der Waals surface area (Å²) in [6.45, 7) is 8.23. The smallest absolute Gasteiger partial charge is 0.261 e. The van der Waals surface area contributed by atoms with Gasteiger partial charge in [-0.15, -0.1) is 0 Å². The summed E-state index contributed by atoms with van der Waals surface area (Å²) in [4.78, 5) is 22.0. The van der Waals surface area contributed by atoms with Crippen molar-refractivity contribution in [3.05, 3.63) is 28.3 Å². The van der Waals surface area contributed by atoms with E-state index in [0.29, 0.717) is 17.3 Å². The molecule has 0 saturated heterocycles. The van der Waals surface area contributed by atoms with Gasteiger partial charge in [-0.3, -0.25) is 4.79 Å². The van der Waals surface area contributed by atoms with Crippen molar-refractivity contribution in [3.63, 3.8) is 0 Å². The first-order valence-electron chi connectivity index (χ1n) is 9.77. The number of nitrogens with zero attached hydrogens (tertiary/aromatic N) is 3. The molecule has 1 atom stereocenters. The lowest BCUT2D eigenvalue weighted by molar-refractivity contribution is 0.122. The first-order valence-corrected chi connectivity index (χ1v) is 9.77. The van der Waals surface area contributed by atoms with Crippen LogP contribution in [-0.2, 0) is 0 Å². The van der Waals surface area contributed by atoms with Crippen molar-refractivity contribution >= 4 is 16.9 Å². The van der Waals surface area contributed by atoms with Gasteiger partial charge in [0, 0.05) is 24.5 Å². The van der Waals surface area contributed by atoms with Gasteiger partial charge in [-0.25, -0.2) is 9.97 Å². The van der Waals surface area contributed by atoms with Crippen molar-refractivity contribution in [1.82, 2.24) is 14.5 Å². The van der Waals surface area contributed by atoms with E-state index in [1.807, 2.05) is 20.0 Å². The molecule has 1 aliphatic rings. The van der Waals surface area contributed by atoms with Crippen molar-refractivity contribution in [2.75, 3.05) is 5.32 Å². The van der Waals surface area contributed by atoms with Crippen LogP contribution in [0.4, 0.5) is 5.95 Å². The maximum absolute atomic E-state index is 12.9. The molecule has 6 heteroatoms. The summed E-state index contributed by atoms with van der Waals surface area (Å²) < 4.78 is 1.79. The standard InChI is InChI=1S/C20H30N4O2/c1-5-13(4)22-20-21-10-16-18(23-20)17(11-24(12(2)3)19(16)26)14-6-8-15(25)9-7-14/h10-15,25H,5-9H2,1-4H3,(H,21,22,23)/t13-,14?,15?/m0/s1. The van der Waals surface area contributed by atoms with Gasteiger partial charge >= 0.3 is 0 Å². The average Bonchev–Trinajstić information content (AvgIpc) is 2.62. The Hall–Kier alpha value is -1.95. The monoisotopic (exact) mass is 358 g/mol. The van der Waals surface area contributed by atoms with Gasteiger partial charge < -0.3 is 15.0 Å². The zero-order valence-corrected chi connectivity index (χ0v) is 16.2. The number of aliphatic hydroxyl groups is 1. The number of fused-ring (bicyclic) bond motifs is 1. The minimum Gasteiger partial charge on any atom is -0.393 e. The fraction of sp³-hybridized carbons (Fsp3) is 0.650. The highest BCUT2D eigenvalue weighted by Gasteiger charge is 2.25. The molecule has 0 spiro atoms. The number of rotatable bonds is 5. The van der Waals surface area contributed by atoms with E-state index in [2.05, 4.69) is 24.1 Å². The topological polar surface area (TPSA) is 80.0 Å². The minimum absolute atomic E-state index is 0.0373. The Kier molecular flexibility index (Phi) is 5.61. The van der Waals surface area contributed by atoms with Crippen molar-refractivity contribution in [2.24, 2.45) is 0 Å². The lowest BCUT2D eigenvalue weighted by Gasteiger charge is -2.27. The van der Waals surface area contributed by atoms with E-state index in [1.54, 1.807) is 10.8 Å². The Morgan fingerprint density at radius 3 is 2.58 bits per heavy atom. The molecule has 0 amide bonds. The van der Waals surface area contributed by atoms with Crippen LogP contribution in [0.25, 0.3) is 10.9 Å². The number of nitrogens with one attached hydrogen (secondary N) is 1. The van der Waals surface area contributed by atoms with Gasteiger partial charge in [0.15, 0.2) is 0 Å². The molecule has 2 N–H and O–H groups in total. The van der Waals surface area contributed by atoms with Crippen molar-refractivity contribution in [3.8, 4) is 0 Å². The van der Waals surface area contributed by atoms with Crippen LogP contribution in [0.5, 0.6) is 0 Å². The summed E-state index contributed by atoms with van der Waals surface area (Å²) in [5, 5.41) is 13.7. The van der Waals surface area contributed by atoms with Gasteiger partial charge in [-0.1, -0.05) is 6.92 Å². The lowest BCUT2D eigenvalue weighted by Crippen LogP contribution is -2.26. The van der Waals surface area contributed by atoms with Crippen molar-refractivity contribution in [1.29, 1.82) is 0 Å². The fourth-order valence-electron chi connectivity index (χ4n) is 3.63. The molecule has 0 aromatic carbocycles. The molecule has 0 radical (unpaired) electrons. The fourth-order valence-corrected chi connectivity index (χ4v) is 3.63. The normalized spacial score (nSPS) is 21.9. The van der Waals surface area contributed by atoms with Crippen LogP contribution in [-0.4, -0.2) is 31.8 Å². The Morgan fingerprint density at radius 1 is 1.27 bits per heavy atom. The highest BCUT2D eigenvalue weighted by Crippen LogP contribution is 2.35. The molecule has 0 aliphatic heterocycles. The van der Waals surface area contributed by atoms with Gasteiger partial charge in [0.1, 0.15) is 0 Å². The Balaban J connectivity index is 2.13. The molecule has 142 valence electrons. The number of hydrogen-bond acceptors (Lipinski definition) is 5. The third kappa shape index (κ3) is 3.75. The predicted molar refractivity (Wildman–Crippen MR) is 105 cm³/mol. The molecular weight excluding hydrogens is 328 g/mol. The maximum Gasteiger partial charge on any atom is 0.261 e. The molecule has 2 aromatic rings. The summed E-state index contributed by atoms with van der Waals surface area (Å²) in [6.07, 6.45) is 7.86. The second-order valence-corrected chi connectivity index (χ2v) is 7.81. The van der Waals surface area contributed by atoms with Crippen LogP contribution < -0.4 is 10.9 Å². The number of anilines is 1. The zero-order valence-electron chi connectivity index (χ0n) is 16.2. The van der Waals surface area contributed by atoms with E-state index in [9.17, 15) is 9.90 Å². The molecule has 2 aromatic heterocycles. The Morgan fingerprint density at radius 2 is 1.96 bits per heavy atom. The van der Waals surface area contributed by atoms with E-state index in [-0.39, 0.29) is 23.7 Å². The zero-order chi connectivity index (χ0) is 18.8. The highest BCUT2D eigenvalue weighted by molar-refractivity contribution is 5.81. The third-order valence-electron chi connectivity index (χ3n) is 5.49. The third-order valence-corrected chi connectivity index (χ3v) is 5.49.